The van der Waals surface area contributed by atoms with Crippen LogP contribution in [0.1, 0.15) is 13.8 Å². The van der Waals surface area contributed by atoms with E-state index in [9.17, 15) is 22.0 Å². The fourth-order valence-corrected chi connectivity index (χ4v) is 4.09. The molecule has 0 bridgehead atoms. The standard InChI is InChI=1S/C19H23F2N3O4S/c1-3-24(4-2)29(26,27)17-7-5-6-15(12-17)22-13-18(25)23-14-8-10-16(11-9-14)28-19(20)21/h5-12,19,22H,3-4,13H2,1-2H3,(H,23,25). The molecule has 0 aromatic heterocycles. The van der Waals surface area contributed by atoms with Gasteiger partial charge >= 0.3 is 6.61 Å². The summed E-state index contributed by atoms with van der Waals surface area (Å²) in [6, 6.07) is 11.7. The molecule has 0 radical (unpaired) electrons. The van der Waals surface area contributed by atoms with Crippen molar-refractivity contribution in [2.75, 3.05) is 30.3 Å². The molecule has 2 aromatic rings. The molecule has 158 valence electrons. The average molecular weight is 427 g/mol. The van der Waals surface area contributed by atoms with Gasteiger partial charge in [-0.25, -0.2) is 8.42 Å². The Kier molecular flexibility index (Phi) is 7.91. The molecule has 2 rings (SSSR count). The van der Waals surface area contributed by atoms with Crippen molar-refractivity contribution in [2.24, 2.45) is 0 Å². The minimum Gasteiger partial charge on any atom is -0.435 e. The van der Waals surface area contributed by atoms with Crippen LogP contribution in [0.4, 0.5) is 20.2 Å². The number of rotatable bonds is 10. The van der Waals surface area contributed by atoms with Gasteiger partial charge < -0.3 is 15.4 Å². The highest BCUT2D eigenvalue weighted by molar-refractivity contribution is 7.89. The summed E-state index contributed by atoms with van der Waals surface area (Å²) in [5, 5.41) is 5.47. The van der Waals surface area contributed by atoms with Gasteiger partial charge in [0.15, 0.2) is 0 Å². The van der Waals surface area contributed by atoms with E-state index in [1.54, 1.807) is 26.0 Å². The highest BCUT2D eigenvalue weighted by Crippen LogP contribution is 2.20. The zero-order valence-electron chi connectivity index (χ0n) is 16.1. The molecule has 0 atom stereocenters. The van der Waals surface area contributed by atoms with E-state index in [0.29, 0.717) is 24.5 Å². The number of amides is 1. The molecule has 7 nitrogen and oxygen atoms in total. The van der Waals surface area contributed by atoms with Crippen LogP contribution in [0.2, 0.25) is 0 Å². The third kappa shape index (κ3) is 6.40. The molecule has 29 heavy (non-hydrogen) atoms. The molecule has 0 aliphatic heterocycles. The van der Waals surface area contributed by atoms with E-state index in [2.05, 4.69) is 15.4 Å². The van der Waals surface area contributed by atoms with E-state index in [0.717, 1.165) is 0 Å². The Morgan fingerprint density at radius 1 is 1.07 bits per heavy atom. The normalized spacial score (nSPS) is 11.5. The van der Waals surface area contributed by atoms with Crippen molar-refractivity contribution in [2.45, 2.75) is 25.4 Å². The molecule has 0 saturated heterocycles. The number of alkyl halides is 2. The second-order valence-corrected chi connectivity index (χ2v) is 7.86. The lowest BCUT2D eigenvalue weighted by Crippen LogP contribution is -2.30. The fourth-order valence-electron chi connectivity index (χ4n) is 2.59. The predicted octanol–water partition coefficient (Wildman–Crippen LogP) is 3.37. The fraction of sp³-hybridized carbons (Fsp3) is 0.316. The molecule has 10 heteroatoms. The van der Waals surface area contributed by atoms with Crippen LogP contribution >= 0.6 is 0 Å². The first-order valence-electron chi connectivity index (χ1n) is 8.95. The average Bonchev–Trinajstić information content (AvgIpc) is 2.68. The van der Waals surface area contributed by atoms with Gasteiger partial charge in [0.05, 0.1) is 11.4 Å². The van der Waals surface area contributed by atoms with Crippen molar-refractivity contribution in [1.29, 1.82) is 0 Å². The van der Waals surface area contributed by atoms with E-state index in [-0.39, 0.29) is 23.1 Å². The van der Waals surface area contributed by atoms with E-state index in [4.69, 9.17) is 0 Å². The number of benzene rings is 2. The molecule has 1 amide bonds. The minimum absolute atomic E-state index is 0.0117. The maximum atomic E-state index is 12.6. The van der Waals surface area contributed by atoms with E-state index >= 15 is 0 Å². The van der Waals surface area contributed by atoms with Crippen LogP contribution in [0.25, 0.3) is 0 Å². The maximum absolute atomic E-state index is 12.6. The quantitative estimate of drug-likeness (QED) is 0.607. The first-order chi connectivity index (χ1) is 13.8. The molecule has 2 N–H and O–H groups in total. The van der Waals surface area contributed by atoms with Crippen molar-refractivity contribution in [1.82, 2.24) is 4.31 Å². The summed E-state index contributed by atoms with van der Waals surface area (Å²) in [7, 11) is -3.60. The van der Waals surface area contributed by atoms with Crippen molar-refractivity contribution in [3.8, 4) is 5.75 Å². The Bertz CT molecular complexity index is 917. The van der Waals surface area contributed by atoms with Gasteiger partial charge in [0.1, 0.15) is 5.75 Å². The number of nitrogens with one attached hydrogen (secondary N) is 2. The number of carbonyl (C=O) groups excluding carboxylic acids is 1. The zero-order chi connectivity index (χ0) is 21.4. The van der Waals surface area contributed by atoms with Gasteiger partial charge in [-0.3, -0.25) is 4.79 Å². The predicted molar refractivity (Wildman–Crippen MR) is 107 cm³/mol. The Morgan fingerprint density at radius 3 is 2.31 bits per heavy atom. The lowest BCUT2D eigenvalue weighted by molar-refractivity contribution is -0.114. The van der Waals surface area contributed by atoms with Crippen molar-refractivity contribution in [3.63, 3.8) is 0 Å². The minimum atomic E-state index is -3.60. The molecule has 2 aromatic carbocycles. The van der Waals surface area contributed by atoms with Gasteiger partial charge in [-0.15, -0.1) is 0 Å². The van der Waals surface area contributed by atoms with E-state index < -0.39 is 16.6 Å². The molecular formula is C19H23F2N3O4S. The summed E-state index contributed by atoms with van der Waals surface area (Å²) in [6.07, 6.45) is 0. The Balaban J connectivity index is 1.97. The number of ether oxygens (including phenoxy) is 1. The molecule has 0 aliphatic rings. The first-order valence-corrected chi connectivity index (χ1v) is 10.4. The van der Waals surface area contributed by atoms with Crippen molar-refractivity contribution >= 4 is 27.3 Å². The Hall–Kier alpha value is -2.72. The number of hydrogen-bond acceptors (Lipinski definition) is 5. The van der Waals surface area contributed by atoms with Gasteiger partial charge in [0.2, 0.25) is 15.9 Å². The lowest BCUT2D eigenvalue weighted by atomic mass is 10.3. The van der Waals surface area contributed by atoms with E-state index in [1.807, 2.05) is 0 Å². The number of sulfonamides is 1. The van der Waals surface area contributed by atoms with Crippen LogP contribution in [0.5, 0.6) is 5.75 Å². The zero-order valence-corrected chi connectivity index (χ0v) is 16.9. The van der Waals surface area contributed by atoms with Gasteiger partial charge in [0, 0.05) is 24.5 Å². The summed E-state index contributed by atoms with van der Waals surface area (Å²) in [5.41, 5.74) is 0.894. The summed E-state index contributed by atoms with van der Waals surface area (Å²) in [6.45, 7) is 1.23. The van der Waals surface area contributed by atoms with Crippen LogP contribution in [-0.2, 0) is 14.8 Å². The largest absolute Gasteiger partial charge is 0.435 e. The number of carbonyl (C=O) groups is 1. The smallest absolute Gasteiger partial charge is 0.387 e. The summed E-state index contributed by atoms with van der Waals surface area (Å²) in [5.74, 6) is -0.396. The van der Waals surface area contributed by atoms with Crippen molar-refractivity contribution in [3.05, 3.63) is 48.5 Å². The lowest BCUT2D eigenvalue weighted by Gasteiger charge is -2.19. The molecule has 0 fully saturated rings. The molecule has 0 heterocycles. The number of hydrogen-bond donors (Lipinski definition) is 2. The van der Waals surface area contributed by atoms with Crippen LogP contribution < -0.4 is 15.4 Å². The second-order valence-electron chi connectivity index (χ2n) is 5.92. The maximum Gasteiger partial charge on any atom is 0.387 e. The van der Waals surface area contributed by atoms with Crippen LogP contribution in [0.3, 0.4) is 0 Å². The van der Waals surface area contributed by atoms with Gasteiger partial charge in [0.25, 0.3) is 0 Å². The SMILES string of the molecule is CCN(CC)S(=O)(=O)c1cccc(NCC(=O)Nc2ccc(OC(F)F)cc2)c1. The molecule has 0 spiro atoms. The highest BCUT2D eigenvalue weighted by Gasteiger charge is 2.21. The molecule has 0 saturated carbocycles. The van der Waals surface area contributed by atoms with Gasteiger partial charge in [-0.05, 0) is 42.5 Å². The summed E-state index contributed by atoms with van der Waals surface area (Å²) in [4.78, 5) is 12.2. The summed E-state index contributed by atoms with van der Waals surface area (Å²) >= 11 is 0. The van der Waals surface area contributed by atoms with E-state index in [1.165, 1.54) is 40.7 Å². The van der Waals surface area contributed by atoms with Crippen LogP contribution in [0.15, 0.2) is 53.4 Å². The van der Waals surface area contributed by atoms with Crippen molar-refractivity contribution < 1.29 is 26.7 Å². The van der Waals surface area contributed by atoms with Crippen LogP contribution in [-0.4, -0.2) is 44.9 Å². The highest BCUT2D eigenvalue weighted by atomic mass is 32.2. The Morgan fingerprint density at radius 2 is 1.72 bits per heavy atom. The number of nitrogens with zero attached hydrogens (tertiary/aromatic N) is 1. The Labute approximate surface area is 168 Å². The summed E-state index contributed by atoms with van der Waals surface area (Å²) < 4.78 is 55.0. The number of halogens is 2. The van der Waals surface area contributed by atoms with Gasteiger partial charge in [-0.1, -0.05) is 19.9 Å². The molecular weight excluding hydrogens is 404 g/mol. The number of anilines is 2. The topological polar surface area (TPSA) is 87.7 Å². The monoisotopic (exact) mass is 427 g/mol. The van der Waals surface area contributed by atoms with Gasteiger partial charge in [-0.2, -0.15) is 13.1 Å². The van der Waals surface area contributed by atoms with Crippen LogP contribution in [0, 0.1) is 0 Å². The third-order valence-electron chi connectivity index (χ3n) is 3.99. The molecule has 0 aliphatic carbocycles. The second kappa shape index (κ2) is 10.2. The molecule has 0 unspecified atom stereocenters. The first kappa shape index (κ1) is 22.6. The third-order valence-corrected chi connectivity index (χ3v) is 6.04.